The molecule has 4 nitrogen and oxygen atoms in total. The predicted octanol–water partition coefficient (Wildman–Crippen LogP) is 1.85. The van der Waals surface area contributed by atoms with Crippen molar-refractivity contribution in [3.63, 3.8) is 0 Å². The van der Waals surface area contributed by atoms with Gasteiger partial charge in [-0.2, -0.15) is 0 Å². The van der Waals surface area contributed by atoms with E-state index in [0.29, 0.717) is 5.56 Å². The van der Waals surface area contributed by atoms with Crippen molar-refractivity contribution >= 4 is 26.5 Å². The Bertz CT molecular complexity index is 692. The van der Waals surface area contributed by atoms with Gasteiger partial charge in [0.25, 0.3) is 0 Å². The molecule has 1 heterocycles. The zero-order valence-electron chi connectivity index (χ0n) is 9.96. The Morgan fingerprint density at radius 2 is 2.06 bits per heavy atom. The number of carbonyl (C=O) groups excluding carboxylic acids is 1. The van der Waals surface area contributed by atoms with Crippen molar-refractivity contribution in [2.75, 3.05) is 12.0 Å². The van der Waals surface area contributed by atoms with Gasteiger partial charge in [0.1, 0.15) is 9.84 Å². The third-order valence-corrected chi connectivity index (χ3v) is 3.57. The second-order valence-corrected chi connectivity index (χ2v) is 6.47. The van der Waals surface area contributed by atoms with Crippen LogP contribution in [-0.2, 0) is 9.84 Å². The maximum Gasteiger partial charge on any atom is 0.163 e. The van der Waals surface area contributed by atoms with Gasteiger partial charge in [0, 0.05) is 29.8 Å². The van der Waals surface area contributed by atoms with Gasteiger partial charge < -0.3 is 0 Å². The van der Waals surface area contributed by atoms with Gasteiger partial charge >= 0.3 is 0 Å². The molecular formula is C13H13NO3S. The minimum Gasteiger partial charge on any atom is -0.294 e. The van der Waals surface area contributed by atoms with Crippen LogP contribution in [0.2, 0.25) is 0 Å². The number of Topliss-reactive ketones (excluding diaryl/α,β-unsaturated/α-hetero) is 1. The number of sulfone groups is 1. The standard InChI is InChI=1S/C13H13NO3S/c1-18(16,17)8-6-13(15)11-4-5-12-10(9-11)3-2-7-14-12/h2-5,7,9H,6,8H2,1H3. The quantitative estimate of drug-likeness (QED) is 0.790. The number of aromatic nitrogens is 1. The van der Waals surface area contributed by atoms with E-state index in [0.717, 1.165) is 17.2 Å². The number of benzene rings is 1. The molecule has 0 spiro atoms. The van der Waals surface area contributed by atoms with Crippen LogP contribution in [0.4, 0.5) is 0 Å². The lowest BCUT2D eigenvalue weighted by Gasteiger charge is -2.02. The van der Waals surface area contributed by atoms with Crippen LogP contribution in [0.1, 0.15) is 16.8 Å². The van der Waals surface area contributed by atoms with Crippen LogP contribution in [0.3, 0.4) is 0 Å². The Morgan fingerprint density at radius 1 is 1.28 bits per heavy atom. The summed E-state index contributed by atoms with van der Waals surface area (Å²) in [5.41, 5.74) is 1.34. The van der Waals surface area contributed by atoms with Crippen molar-refractivity contribution in [1.82, 2.24) is 4.98 Å². The fraction of sp³-hybridized carbons (Fsp3) is 0.231. The average Bonchev–Trinajstić information content (AvgIpc) is 2.34. The molecule has 94 valence electrons. The second-order valence-electron chi connectivity index (χ2n) is 4.21. The summed E-state index contributed by atoms with van der Waals surface area (Å²) in [7, 11) is -3.10. The van der Waals surface area contributed by atoms with Crippen molar-refractivity contribution in [1.29, 1.82) is 0 Å². The van der Waals surface area contributed by atoms with Crippen LogP contribution in [0.25, 0.3) is 10.9 Å². The Kier molecular flexibility index (Phi) is 3.43. The van der Waals surface area contributed by atoms with Gasteiger partial charge in [-0.05, 0) is 24.3 Å². The van der Waals surface area contributed by atoms with Crippen LogP contribution in [0.15, 0.2) is 36.5 Å². The summed E-state index contributed by atoms with van der Waals surface area (Å²) >= 11 is 0. The van der Waals surface area contributed by atoms with E-state index >= 15 is 0 Å². The molecule has 0 saturated heterocycles. The number of carbonyl (C=O) groups is 1. The van der Waals surface area contributed by atoms with Gasteiger partial charge in [-0.25, -0.2) is 8.42 Å². The van der Waals surface area contributed by atoms with Gasteiger partial charge in [-0.15, -0.1) is 0 Å². The van der Waals surface area contributed by atoms with Gasteiger partial charge in [0.05, 0.1) is 11.3 Å². The molecule has 0 unspecified atom stereocenters. The highest BCUT2D eigenvalue weighted by atomic mass is 32.2. The topological polar surface area (TPSA) is 64.1 Å². The number of ketones is 1. The van der Waals surface area contributed by atoms with Crippen molar-refractivity contribution < 1.29 is 13.2 Å². The molecule has 0 aliphatic rings. The largest absolute Gasteiger partial charge is 0.294 e. The van der Waals surface area contributed by atoms with Gasteiger partial charge in [-0.1, -0.05) is 6.07 Å². The second kappa shape index (κ2) is 4.86. The van der Waals surface area contributed by atoms with Gasteiger partial charge in [0.2, 0.25) is 0 Å². The number of rotatable bonds is 4. The highest BCUT2D eigenvalue weighted by molar-refractivity contribution is 7.90. The third-order valence-electron chi connectivity index (χ3n) is 2.62. The first kappa shape index (κ1) is 12.7. The van der Waals surface area contributed by atoms with E-state index in [2.05, 4.69) is 4.98 Å². The summed E-state index contributed by atoms with van der Waals surface area (Å²) in [4.78, 5) is 16.0. The van der Waals surface area contributed by atoms with Crippen molar-refractivity contribution in [2.24, 2.45) is 0 Å². The molecule has 0 fully saturated rings. The molecule has 0 atom stereocenters. The van der Waals surface area contributed by atoms with Crippen LogP contribution in [-0.4, -0.2) is 31.2 Å². The monoisotopic (exact) mass is 263 g/mol. The normalized spacial score (nSPS) is 11.6. The SMILES string of the molecule is CS(=O)(=O)CCC(=O)c1ccc2ncccc2c1. The summed E-state index contributed by atoms with van der Waals surface area (Å²) in [6.45, 7) is 0. The van der Waals surface area contributed by atoms with Crippen molar-refractivity contribution in [3.05, 3.63) is 42.1 Å². The zero-order chi connectivity index (χ0) is 13.2. The molecule has 1 aromatic heterocycles. The number of pyridine rings is 1. The molecule has 0 aliphatic carbocycles. The maximum atomic E-state index is 11.9. The highest BCUT2D eigenvalue weighted by Crippen LogP contribution is 2.14. The van der Waals surface area contributed by atoms with Crippen molar-refractivity contribution in [2.45, 2.75) is 6.42 Å². The number of hydrogen-bond donors (Lipinski definition) is 0. The fourth-order valence-electron chi connectivity index (χ4n) is 1.67. The molecule has 1 aromatic carbocycles. The minimum atomic E-state index is -3.10. The molecule has 2 aromatic rings. The van der Waals surface area contributed by atoms with E-state index < -0.39 is 9.84 Å². The molecule has 0 bridgehead atoms. The smallest absolute Gasteiger partial charge is 0.163 e. The highest BCUT2D eigenvalue weighted by Gasteiger charge is 2.10. The lowest BCUT2D eigenvalue weighted by molar-refractivity contribution is 0.0989. The van der Waals surface area contributed by atoms with Crippen LogP contribution in [0.5, 0.6) is 0 Å². The molecule has 2 rings (SSSR count). The Labute approximate surface area is 106 Å². The molecule has 0 aliphatic heterocycles. The molecule has 0 radical (unpaired) electrons. The van der Waals surface area contributed by atoms with Gasteiger partial charge in [0.15, 0.2) is 5.78 Å². The van der Waals surface area contributed by atoms with E-state index in [1.165, 1.54) is 0 Å². The van der Waals surface area contributed by atoms with Crippen LogP contribution >= 0.6 is 0 Å². The lowest BCUT2D eigenvalue weighted by atomic mass is 10.1. The Balaban J connectivity index is 2.23. The summed E-state index contributed by atoms with van der Waals surface area (Å²) in [5.74, 6) is -0.275. The maximum absolute atomic E-state index is 11.9. The fourth-order valence-corrected chi connectivity index (χ4v) is 2.23. The lowest BCUT2D eigenvalue weighted by Crippen LogP contribution is -2.09. The molecule has 0 N–H and O–H groups in total. The Hall–Kier alpha value is -1.75. The summed E-state index contributed by atoms with van der Waals surface area (Å²) < 4.78 is 22.0. The first-order valence-corrected chi connectivity index (χ1v) is 7.57. The van der Waals surface area contributed by atoms with E-state index in [-0.39, 0.29) is 18.0 Å². The third kappa shape index (κ3) is 3.13. The van der Waals surface area contributed by atoms with Crippen molar-refractivity contribution in [3.8, 4) is 0 Å². The molecule has 0 amide bonds. The zero-order valence-corrected chi connectivity index (χ0v) is 10.8. The van der Waals surface area contributed by atoms with Crippen LogP contribution in [0, 0.1) is 0 Å². The molecule has 18 heavy (non-hydrogen) atoms. The first-order chi connectivity index (χ1) is 8.46. The number of nitrogens with zero attached hydrogens (tertiary/aromatic N) is 1. The minimum absolute atomic E-state index is 0.0185. The Morgan fingerprint density at radius 3 is 2.78 bits per heavy atom. The summed E-state index contributed by atoms with van der Waals surface area (Å²) in [6, 6.07) is 8.86. The molecular weight excluding hydrogens is 250 g/mol. The van der Waals surface area contributed by atoms with E-state index in [9.17, 15) is 13.2 Å². The van der Waals surface area contributed by atoms with E-state index in [1.807, 2.05) is 6.07 Å². The summed E-state index contributed by atoms with van der Waals surface area (Å²) in [5, 5.41) is 0.878. The predicted molar refractivity (Wildman–Crippen MR) is 70.4 cm³/mol. The van der Waals surface area contributed by atoms with E-state index in [4.69, 9.17) is 0 Å². The van der Waals surface area contributed by atoms with E-state index in [1.54, 1.807) is 30.5 Å². The number of fused-ring (bicyclic) bond motifs is 1. The average molecular weight is 263 g/mol. The first-order valence-electron chi connectivity index (χ1n) is 5.51. The number of hydrogen-bond acceptors (Lipinski definition) is 4. The summed E-state index contributed by atoms with van der Waals surface area (Å²) in [6.07, 6.45) is 2.84. The van der Waals surface area contributed by atoms with Gasteiger partial charge in [-0.3, -0.25) is 9.78 Å². The molecule has 5 heteroatoms. The van der Waals surface area contributed by atoms with Crippen LogP contribution < -0.4 is 0 Å². The molecule has 0 saturated carbocycles.